The maximum Gasteiger partial charge on any atom is 0.105 e. The number of aliphatic hydroxyl groups is 1. The lowest BCUT2D eigenvalue weighted by molar-refractivity contribution is 0.170. The van der Waals surface area contributed by atoms with Crippen molar-refractivity contribution in [3.05, 3.63) is 45.1 Å². The van der Waals surface area contributed by atoms with E-state index < -0.39 is 6.10 Å². The fourth-order valence-electron chi connectivity index (χ4n) is 1.71. The highest BCUT2D eigenvalue weighted by atomic mass is 79.9. The molecule has 0 aliphatic carbocycles. The van der Waals surface area contributed by atoms with Crippen molar-refractivity contribution in [1.29, 1.82) is 0 Å². The van der Waals surface area contributed by atoms with Crippen LogP contribution in [0.3, 0.4) is 0 Å². The monoisotopic (exact) mass is 302 g/mol. The molecule has 0 saturated heterocycles. The van der Waals surface area contributed by atoms with Crippen LogP contribution in [-0.4, -0.2) is 11.7 Å². The summed E-state index contributed by atoms with van der Waals surface area (Å²) < 4.78 is 6.12. The highest BCUT2D eigenvalue weighted by Crippen LogP contribution is 2.33. The van der Waals surface area contributed by atoms with Gasteiger partial charge in [-0.15, -0.1) is 0 Å². The van der Waals surface area contributed by atoms with Crippen molar-refractivity contribution in [2.45, 2.75) is 18.9 Å². The zero-order chi connectivity index (χ0) is 11.5. The predicted molar refractivity (Wildman–Crippen MR) is 67.4 cm³/mol. The van der Waals surface area contributed by atoms with Crippen molar-refractivity contribution in [1.82, 2.24) is 0 Å². The van der Waals surface area contributed by atoms with Gasteiger partial charge in [0, 0.05) is 15.1 Å². The summed E-state index contributed by atoms with van der Waals surface area (Å²) in [7, 11) is 0. The van der Waals surface area contributed by atoms with E-state index in [0.717, 1.165) is 35.1 Å². The van der Waals surface area contributed by atoms with E-state index in [1.54, 1.807) is 12.3 Å². The standard InChI is InChI=1S/C12H12BrClO2/c13-9-3-4-10(11(14)6-9)12(15)8-2-1-5-16-7-8/h3-4,6-7,12,15H,1-2,5H2. The van der Waals surface area contributed by atoms with Gasteiger partial charge in [-0.25, -0.2) is 0 Å². The van der Waals surface area contributed by atoms with Gasteiger partial charge in [-0.2, -0.15) is 0 Å². The Morgan fingerprint density at radius 1 is 1.44 bits per heavy atom. The van der Waals surface area contributed by atoms with Crippen LogP contribution in [0.25, 0.3) is 0 Å². The number of benzene rings is 1. The quantitative estimate of drug-likeness (QED) is 0.900. The molecule has 86 valence electrons. The smallest absolute Gasteiger partial charge is 0.105 e. The van der Waals surface area contributed by atoms with Gasteiger partial charge in [-0.1, -0.05) is 33.6 Å². The van der Waals surface area contributed by atoms with Crippen LogP contribution in [0.1, 0.15) is 24.5 Å². The van der Waals surface area contributed by atoms with Gasteiger partial charge < -0.3 is 9.84 Å². The normalized spacial score (nSPS) is 17.6. The molecule has 2 rings (SSSR count). The second-order valence-electron chi connectivity index (χ2n) is 3.74. The lowest BCUT2D eigenvalue weighted by atomic mass is 9.98. The van der Waals surface area contributed by atoms with E-state index in [1.807, 2.05) is 12.1 Å². The van der Waals surface area contributed by atoms with Crippen LogP contribution in [-0.2, 0) is 4.74 Å². The third-order valence-corrected chi connectivity index (χ3v) is 3.39. The first kappa shape index (κ1) is 12.0. The lowest BCUT2D eigenvalue weighted by Crippen LogP contribution is -2.08. The minimum Gasteiger partial charge on any atom is -0.501 e. The summed E-state index contributed by atoms with van der Waals surface area (Å²) in [5.41, 5.74) is 1.61. The minimum atomic E-state index is -0.666. The average Bonchev–Trinajstić information content (AvgIpc) is 2.29. The van der Waals surface area contributed by atoms with Crippen molar-refractivity contribution < 1.29 is 9.84 Å². The number of halogens is 2. The molecule has 0 saturated carbocycles. The maximum atomic E-state index is 10.2. The van der Waals surface area contributed by atoms with Crippen molar-refractivity contribution in [2.24, 2.45) is 0 Å². The van der Waals surface area contributed by atoms with Gasteiger partial charge in [-0.05, 0) is 30.5 Å². The summed E-state index contributed by atoms with van der Waals surface area (Å²) in [5, 5.41) is 10.7. The first-order valence-electron chi connectivity index (χ1n) is 5.12. The number of rotatable bonds is 2. The van der Waals surface area contributed by atoms with Gasteiger partial charge in [0.15, 0.2) is 0 Å². The maximum absolute atomic E-state index is 10.2. The minimum absolute atomic E-state index is 0.563. The molecule has 4 heteroatoms. The highest BCUT2D eigenvalue weighted by molar-refractivity contribution is 9.10. The molecule has 1 aliphatic heterocycles. The molecule has 0 fully saturated rings. The van der Waals surface area contributed by atoms with Crippen LogP contribution in [0.4, 0.5) is 0 Å². The van der Waals surface area contributed by atoms with Gasteiger partial charge in [0.1, 0.15) is 6.10 Å². The first-order valence-corrected chi connectivity index (χ1v) is 6.29. The third-order valence-electron chi connectivity index (χ3n) is 2.57. The molecule has 1 N–H and O–H groups in total. The third kappa shape index (κ3) is 2.59. The molecule has 1 aromatic carbocycles. The van der Waals surface area contributed by atoms with E-state index in [2.05, 4.69) is 15.9 Å². The van der Waals surface area contributed by atoms with Gasteiger partial charge in [-0.3, -0.25) is 0 Å². The fourth-order valence-corrected chi connectivity index (χ4v) is 2.49. The van der Waals surface area contributed by atoms with E-state index in [1.165, 1.54) is 0 Å². The first-order chi connectivity index (χ1) is 7.68. The fraction of sp³-hybridized carbons (Fsp3) is 0.333. The number of aliphatic hydroxyl groups excluding tert-OH is 1. The summed E-state index contributed by atoms with van der Waals surface area (Å²) >= 11 is 9.42. The zero-order valence-corrected chi connectivity index (χ0v) is 11.0. The summed E-state index contributed by atoms with van der Waals surface area (Å²) in [4.78, 5) is 0. The van der Waals surface area contributed by atoms with Crippen molar-refractivity contribution in [2.75, 3.05) is 6.61 Å². The summed E-state index contributed by atoms with van der Waals surface area (Å²) in [6.45, 7) is 0.726. The number of ether oxygens (including phenoxy) is 1. The van der Waals surface area contributed by atoms with E-state index in [0.29, 0.717) is 5.02 Å². The Morgan fingerprint density at radius 3 is 2.88 bits per heavy atom. The zero-order valence-electron chi connectivity index (χ0n) is 8.62. The molecule has 0 bridgehead atoms. The Morgan fingerprint density at radius 2 is 2.25 bits per heavy atom. The lowest BCUT2D eigenvalue weighted by Gasteiger charge is -2.20. The topological polar surface area (TPSA) is 29.5 Å². The van der Waals surface area contributed by atoms with Gasteiger partial charge in [0.05, 0.1) is 12.9 Å². The Bertz CT molecular complexity index is 417. The SMILES string of the molecule is OC(C1=COCCC1)c1ccc(Br)cc1Cl. The molecular formula is C12H12BrClO2. The van der Waals surface area contributed by atoms with Crippen LogP contribution in [0, 0.1) is 0 Å². The van der Waals surface area contributed by atoms with E-state index in [4.69, 9.17) is 16.3 Å². The molecule has 1 heterocycles. The second-order valence-corrected chi connectivity index (χ2v) is 5.06. The van der Waals surface area contributed by atoms with Crippen molar-refractivity contribution in [3.8, 4) is 0 Å². The molecule has 16 heavy (non-hydrogen) atoms. The Hall–Kier alpha value is -0.510. The highest BCUT2D eigenvalue weighted by Gasteiger charge is 2.18. The number of hydrogen-bond acceptors (Lipinski definition) is 2. The van der Waals surface area contributed by atoms with Crippen molar-refractivity contribution >= 4 is 27.5 Å². The van der Waals surface area contributed by atoms with E-state index in [-0.39, 0.29) is 0 Å². The molecule has 1 aliphatic rings. The van der Waals surface area contributed by atoms with E-state index in [9.17, 15) is 5.11 Å². The van der Waals surface area contributed by atoms with Gasteiger partial charge in [0.25, 0.3) is 0 Å². The summed E-state index contributed by atoms with van der Waals surface area (Å²) in [5.74, 6) is 0. The average molecular weight is 304 g/mol. The summed E-state index contributed by atoms with van der Waals surface area (Å²) in [6.07, 6.45) is 2.78. The molecular weight excluding hydrogens is 291 g/mol. The molecule has 0 amide bonds. The van der Waals surface area contributed by atoms with E-state index >= 15 is 0 Å². The Kier molecular flexibility index (Phi) is 3.90. The molecule has 2 nitrogen and oxygen atoms in total. The van der Waals surface area contributed by atoms with Crippen LogP contribution in [0.5, 0.6) is 0 Å². The largest absolute Gasteiger partial charge is 0.501 e. The predicted octanol–water partition coefficient (Wildman–Crippen LogP) is 3.83. The second kappa shape index (κ2) is 5.21. The summed E-state index contributed by atoms with van der Waals surface area (Å²) in [6, 6.07) is 5.48. The molecule has 1 aromatic rings. The van der Waals surface area contributed by atoms with Crippen molar-refractivity contribution in [3.63, 3.8) is 0 Å². The van der Waals surface area contributed by atoms with Gasteiger partial charge in [0.2, 0.25) is 0 Å². The molecule has 0 aromatic heterocycles. The van der Waals surface area contributed by atoms with Crippen LogP contribution in [0.2, 0.25) is 5.02 Å². The molecule has 0 spiro atoms. The van der Waals surface area contributed by atoms with Gasteiger partial charge >= 0.3 is 0 Å². The molecule has 0 radical (unpaired) electrons. The molecule has 1 atom stereocenters. The van der Waals surface area contributed by atoms with Crippen LogP contribution < -0.4 is 0 Å². The Balaban J connectivity index is 2.26. The molecule has 1 unspecified atom stereocenters. The Labute approximate surface area is 108 Å². The van der Waals surface area contributed by atoms with Crippen LogP contribution >= 0.6 is 27.5 Å². The number of hydrogen-bond donors (Lipinski definition) is 1. The van der Waals surface area contributed by atoms with Crippen LogP contribution in [0.15, 0.2) is 34.5 Å².